The standard InChI is InChI=1S/C16H18N6/c17-16-2-1-14-15(21-16)7-11(8-19-14)12-9-20-22(10-12)13-3-5-18-6-4-13/h1-2,7-10,13,18H,3-6H2,(H2,17,21). The molecule has 1 saturated heterocycles. The van der Waals surface area contributed by atoms with E-state index in [1.54, 1.807) is 6.07 Å². The maximum absolute atomic E-state index is 5.75. The molecule has 3 aromatic heterocycles. The summed E-state index contributed by atoms with van der Waals surface area (Å²) in [6.07, 6.45) is 8.11. The lowest BCUT2D eigenvalue weighted by atomic mass is 10.1. The van der Waals surface area contributed by atoms with Gasteiger partial charge in [0.25, 0.3) is 0 Å². The molecule has 22 heavy (non-hydrogen) atoms. The van der Waals surface area contributed by atoms with Crippen molar-refractivity contribution < 1.29 is 0 Å². The van der Waals surface area contributed by atoms with Crippen LogP contribution in [0.5, 0.6) is 0 Å². The molecule has 4 rings (SSSR count). The minimum absolute atomic E-state index is 0.484. The summed E-state index contributed by atoms with van der Waals surface area (Å²) in [5, 5.41) is 7.91. The number of hydrogen-bond acceptors (Lipinski definition) is 5. The molecule has 6 heteroatoms. The van der Waals surface area contributed by atoms with Crippen LogP contribution in [0.2, 0.25) is 0 Å². The van der Waals surface area contributed by atoms with E-state index in [0.717, 1.165) is 48.1 Å². The zero-order chi connectivity index (χ0) is 14.9. The van der Waals surface area contributed by atoms with Gasteiger partial charge in [0.2, 0.25) is 0 Å². The molecule has 1 aliphatic rings. The number of aromatic nitrogens is 4. The van der Waals surface area contributed by atoms with E-state index in [2.05, 4.69) is 31.3 Å². The molecule has 4 heterocycles. The van der Waals surface area contributed by atoms with Crippen molar-refractivity contribution in [1.82, 2.24) is 25.1 Å². The number of nitrogens with zero attached hydrogens (tertiary/aromatic N) is 4. The fourth-order valence-corrected chi connectivity index (χ4v) is 2.94. The van der Waals surface area contributed by atoms with Gasteiger partial charge in [-0.25, -0.2) is 4.98 Å². The Kier molecular flexibility index (Phi) is 3.23. The summed E-state index contributed by atoms with van der Waals surface area (Å²) < 4.78 is 2.08. The highest BCUT2D eigenvalue weighted by atomic mass is 15.3. The highest BCUT2D eigenvalue weighted by Gasteiger charge is 2.16. The molecular formula is C16H18N6. The second kappa shape index (κ2) is 5.38. The monoisotopic (exact) mass is 294 g/mol. The van der Waals surface area contributed by atoms with Crippen LogP contribution in [0.3, 0.4) is 0 Å². The molecule has 0 unspecified atom stereocenters. The molecular weight excluding hydrogens is 276 g/mol. The van der Waals surface area contributed by atoms with Gasteiger partial charge in [-0.05, 0) is 44.1 Å². The summed E-state index contributed by atoms with van der Waals surface area (Å²) in [6, 6.07) is 6.16. The molecule has 1 aliphatic heterocycles. The molecule has 0 atom stereocenters. The van der Waals surface area contributed by atoms with Crippen LogP contribution in [0, 0.1) is 0 Å². The second-order valence-electron chi connectivity index (χ2n) is 5.69. The number of anilines is 1. The molecule has 3 aromatic rings. The van der Waals surface area contributed by atoms with Crippen LogP contribution in [0.4, 0.5) is 5.82 Å². The van der Waals surface area contributed by atoms with Gasteiger partial charge in [0, 0.05) is 23.5 Å². The first-order valence-corrected chi connectivity index (χ1v) is 7.57. The van der Waals surface area contributed by atoms with E-state index in [4.69, 9.17) is 5.73 Å². The minimum Gasteiger partial charge on any atom is -0.384 e. The number of nitrogens with two attached hydrogens (primary N) is 1. The van der Waals surface area contributed by atoms with Crippen LogP contribution in [0.1, 0.15) is 18.9 Å². The average molecular weight is 294 g/mol. The lowest BCUT2D eigenvalue weighted by molar-refractivity contribution is 0.343. The normalized spacial score (nSPS) is 16.2. The van der Waals surface area contributed by atoms with E-state index in [0.29, 0.717) is 11.9 Å². The van der Waals surface area contributed by atoms with Crippen LogP contribution in [-0.2, 0) is 0 Å². The number of rotatable bonds is 2. The minimum atomic E-state index is 0.484. The van der Waals surface area contributed by atoms with Crippen molar-refractivity contribution in [1.29, 1.82) is 0 Å². The fourth-order valence-electron chi connectivity index (χ4n) is 2.94. The lowest BCUT2D eigenvalue weighted by Crippen LogP contribution is -2.29. The third kappa shape index (κ3) is 2.42. The van der Waals surface area contributed by atoms with Crippen molar-refractivity contribution in [3.8, 4) is 11.1 Å². The summed E-state index contributed by atoms with van der Waals surface area (Å²) in [6.45, 7) is 2.11. The third-order valence-electron chi connectivity index (χ3n) is 4.18. The van der Waals surface area contributed by atoms with Crippen LogP contribution >= 0.6 is 0 Å². The van der Waals surface area contributed by atoms with E-state index < -0.39 is 0 Å². The summed E-state index contributed by atoms with van der Waals surface area (Å²) in [7, 11) is 0. The summed E-state index contributed by atoms with van der Waals surface area (Å²) >= 11 is 0. The highest BCUT2D eigenvalue weighted by Crippen LogP contribution is 2.25. The zero-order valence-electron chi connectivity index (χ0n) is 12.2. The third-order valence-corrected chi connectivity index (χ3v) is 4.18. The quantitative estimate of drug-likeness (QED) is 0.755. The van der Waals surface area contributed by atoms with E-state index in [9.17, 15) is 0 Å². The van der Waals surface area contributed by atoms with Crippen LogP contribution in [-0.4, -0.2) is 32.8 Å². The maximum Gasteiger partial charge on any atom is 0.124 e. The first-order valence-electron chi connectivity index (χ1n) is 7.57. The Labute approximate surface area is 128 Å². The van der Waals surface area contributed by atoms with Crippen LogP contribution in [0.25, 0.3) is 22.2 Å². The predicted octanol–water partition coefficient (Wildman–Crippen LogP) is 2.00. The van der Waals surface area contributed by atoms with E-state index in [1.165, 1.54) is 0 Å². The summed E-state index contributed by atoms with van der Waals surface area (Å²) in [4.78, 5) is 8.79. The summed E-state index contributed by atoms with van der Waals surface area (Å²) in [5.74, 6) is 0.511. The Morgan fingerprint density at radius 3 is 2.82 bits per heavy atom. The second-order valence-corrected chi connectivity index (χ2v) is 5.69. The van der Waals surface area contributed by atoms with Crippen molar-refractivity contribution in [2.75, 3.05) is 18.8 Å². The zero-order valence-corrected chi connectivity index (χ0v) is 12.2. The average Bonchev–Trinajstić information content (AvgIpc) is 3.05. The number of hydrogen-bond donors (Lipinski definition) is 2. The van der Waals surface area contributed by atoms with Gasteiger partial charge >= 0.3 is 0 Å². The molecule has 0 saturated carbocycles. The molecule has 112 valence electrons. The van der Waals surface area contributed by atoms with Crippen molar-refractivity contribution >= 4 is 16.9 Å². The van der Waals surface area contributed by atoms with Gasteiger partial charge in [-0.1, -0.05) is 0 Å². The molecule has 0 aliphatic carbocycles. The van der Waals surface area contributed by atoms with Crippen molar-refractivity contribution in [3.63, 3.8) is 0 Å². The topological polar surface area (TPSA) is 81.6 Å². The van der Waals surface area contributed by atoms with Crippen LogP contribution < -0.4 is 11.1 Å². The molecule has 0 amide bonds. The SMILES string of the molecule is Nc1ccc2ncc(-c3cnn(C4CCNCC4)c3)cc2n1. The Morgan fingerprint density at radius 2 is 1.95 bits per heavy atom. The van der Waals surface area contributed by atoms with Crippen LogP contribution in [0.15, 0.2) is 36.8 Å². The predicted molar refractivity (Wildman–Crippen MR) is 86.3 cm³/mol. The van der Waals surface area contributed by atoms with E-state index in [-0.39, 0.29) is 0 Å². The highest BCUT2D eigenvalue weighted by molar-refractivity contribution is 5.80. The van der Waals surface area contributed by atoms with Gasteiger partial charge in [0.05, 0.1) is 23.3 Å². The number of fused-ring (bicyclic) bond motifs is 1. The van der Waals surface area contributed by atoms with Gasteiger partial charge in [-0.3, -0.25) is 9.67 Å². The van der Waals surface area contributed by atoms with Crippen molar-refractivity contribution in [2.45, 2.75) is 18.9 Å². The largest absolute Gasteiger partial charge is 0.384 e. The first kappa shape index (κ1) is 13.2. The Hall–Kier alpha value is -2.47. The molecule has 0 bridgehead atoms. The molecule has 3 N–H and O–H groups in total. The fraction of sp³-hybridized carbons (Fsp3) is 0.312. The number of piperidine rings is 1. The number of nitrogens with one attached hydrogen (secondary N) is 1. The lowest BCUT2D eigenvalue weighted by Gasteiger charge is -2.22. The summed E-state index contributed by atoms with van der Waals surface area (Å²) in [5.41, 5.74) is 9.50. The van der Waals surface area contributed by atoms with E-state index >= 15 is 0 Å². The molecule has 0 radical (unpaired) electrons. The molecule has 6 nitrogen and oxygen atoms in total. The van der Waals surface area contributed by atoms with Crippen molar-refractivity contribution in [2.24, 2.45) is 0 Å². The Balaban J connectivity index is 1.68. The Morgan fingerprint density at radius 1 is 1.09 bits per heavy atom. The number of nitrogen functional groups attached to an aromatic ring is 1. The van der Waals surface area contributed by atoms with Gasteiger partial charge in [0.1, 0.15) is 5.82 Å². The smallest absolute Gasteiger partial charge is 0.124 e. The van der Waals surface area contributed by atoms with Crippen molar-refractivity contribution in [3.05, 3.63) is 36.8 Å². The van der Waals surface area contributed by atoms with Gasteiger partial charge in [0.15, 0.2) is 0 Å². The maximum atomic E-state index is 5.75. The number of pyridine rings is 2. The van der Waals surface area contributed by atoms with Gasteiger partial charge in [-0.15, -0.1) is 0 Å². The first-order chi connectivity index (χ1) is 10.8. The molecule has 0 aromatic carbocycles. The molecule has 0 spiro atoms. The van der Waals surface area contributed by atoms with E-state index in [1.807, 2.05) is 24.5 Å². The Bertz CT molecular complexity index is 803. The van der Waals surface area contributed by atoms with Gasteiger partial charge in [-0.2, -0.15) is 5.10 Å². The molecule has 1 fully saturated rings. The van der Waals surface area contributed by atoms with Gasteiger partial charge < -0.3 is 11.1 Å².